The number of likely N-dealkylation sites (N-methyl/N-ethyl adjacent to an activating group) is 1. The van der Waals surface area contributed by atoms with Crippen LogP contribution in [0.2, 0.25) is 5.02 Å². The van der Waals surface area contributed by atoms with Crippen molar-refractivity contribution in [1.29, 1.82) is 0 Å². The Kier molecular flexibility index (Phi) is 6.47. The van der Waals surface area contributed by atoms with Crippen molar-refractivity contribution in [3.63, 3.8) is 0 Å². The van der Waals surface area contributed by atoms with Crippen LogP contribution in [0.1, 0.15) is 32.4 Å². The van der Waals surface area contributed by atoms with Gasteiger partial charge in [-0.3, -0.25) is 0 Å². The smallest absolute Gasteiger partial charge is 0.137 e. The van der Waals surface area contributed by atoms with Gasteiger partial charge in [0, 0.05) is 12.6 Å². The Morgan fingerprint density at radius 3 is 2.50 bits per heavy atom. The number of nitrogens with two attached hydrogens (primary N) is 1. The molecule has 102 valence electrons. The molecule has 4 heteroatoms. The number of benzene rings is 1. The van der Waals surface area contributed by atoms with Crippen LogP contribution >= 0.6 is 11.6 Å². The Labute approximate surface area is 115 Å². The molecular formula is C14H23ClN2O. The molecule has 0 aliphatic heterocycles. The van der Waals surface area contributed by atoms with Crippen LogP contribution < -0.4 is 10.5 Å². The normalized spacial score (nSPS) is 12.8. The van der Waals surface area contributed by atoms with Crippen molar-refractivity contribution in [3.8, 4) is 5.75 Å². The van der Waals surface area contributed by atoms with Crippen LogP contribution in [-0.4, -0.2) is 31.1 Å². The van der Waals surface area contributed by atoms with E-state index in [2.05, 4.69) is 18.7 Å². The predicted molar refractivity (Wildman–Crippen MR) is 77.3 cm³/mol. The maximum absolute atomic E-state index is 6.16. The largest absolute Gasteiger partial charge is 0.491 e. The lowest BCUT2D eigenvalue weighted by Crippen LogP contribution is -2.27. The van der Waals surface area contributed by atoms with E-state index < -0.39 is 0 Å². The van der Waals surface area contributed by atoms with Gasteiger partial charge in [-0.05, 0) is 37.7 Å². The average Bonchev–Trinajstić information content (AvgIpc) is 2.36. The van der Waals surface area contributed by atoms with E-state index in [-0.39, 0.29) is 6.04 Å². The molecule has 0 saturated heterocycles. The average molecular weight is 271 g/mol. The van der Waals surface area contributed by atoms with Gasteiger partial charge in [0.1, 0.15) is 12.4 Å². The molecule has 0 fully saturated rings. The zero-order valence-corrected chi connectivity index (χ0v) is 12.2. The third-order valence-electron chi connectivity index (χ3n) is 3.04. The number of hydrogen-bond acceptors (Lipinski definition) is 3. The van der Waals surface area contributed by atoms with Crippen molar-refractivity contribution < 1.29 is 4.74 Å². The van der Waals surface area contributed by atoms with Gasteiger partial charge in [-0.2, -0.15) is 0 Å². The molecule has 2 N–H and O–H groups in total. The lowest BCUT2D eigenvalue weighted by Gasteiger charge is -2.18. The van der Waals surface area contributed by atoms with Gasteiger partial charge in [-0.25, -0.2) is 0 Å². The fraction of sp³-hybridized carbons (Fsp3) is 0.571. The van der Waals surface area contributed by atoms with Gasteiger partial charge in [-0.15, -0.1) is 0 Å². The van der Waals surface area contributed by atoms with E-state index in [9.17, 15) is 0 Å². The molecule has 1 rings (SSSR count). The number of halogens is 1. The molecule has 1 aromatic rings. The molecule has 18 heavy (non-hydrogen) atoms. The van der Waals surface area contributed by atoms with E-state index in [1.165, 1.54) is 0 Å². The maximum atomic E-state index is 6.16. The van der Waals surface area contributed by atoms with E-state index in [1.807, 2.05) is 25.1 Å². The molecule has 1 aromatic carbocycles. The van der Waals surface area contributed by atoms with Crippen LogP contribution in [0, 0.1) is 0 Å². The van der Waals surface area contributed by atoms with Gasteiger partial charge >= 0.3 is 0 Å². The summed E-state index contributed by atoms with van der Waals surface area (Å²) in [5, 5.41) is 0.629. The van der Waals surface area contributed by atoms with E-state index >= 15 is 0 Å². The second-order valence-electron chi connectivity index (χ2n) is 4.35. The minimum Gasteiger partial charge on any atom is -0.491 e. The molecule has 3 nitrogen and oxygen atoms in total. The minimum atomic E-state index is -0.00720. The van der Waals surface area contributed by atoms with Crippen LogP contribution in [0.15, 0.2) is 18.2 Å². The molecule has 0 spiro atoms. The Bertz CT molecular complexity index is 365. The van der Waals surface area contributed by atoms with E-state index in [4.69, 9.17) is 22.1 Å². The lowest BCUT2D eigenvalue weighted by molar-refractivity contribution is 0.223. The molecule has 0 amide bonds. The molecule has 0 saturated carbocycles. The van der Waals surface area contributed by atoms with E-state index in [1.54, 1.807) is 0 Å². The molecule has 0 heterocycles. The lowest BCUT2D eigenvalue weighted by atomic mass is 10.1. The van der Waals surface area contributed by atoms with Crippen molar-refractivity contribution in [2.45, 2.75) is 26.8 Å². The number of nitrogens with zero attached hydrogens (tertiary/aromatic N) is 1. The number of ether oxygens (including phenoxy) is 1. The topological polar surface area (TPSA) is 38.5 Å². The highest BCUT2D eigenvalue weighted by Gasteiger charge is 2.06. The summed E-state index contributed by atoms with van der Waals surface area (Å²) in [5.41, 5.74) is 6.83. The van der Waals surface area contributed by atoms with Crippen molar-refractivity contribution in [1.82, 2.24) is 4.90 Å². The summed E-state index contributed by atoms with van der Waals surface area (Å²) in [4.78, 5) is 2.31. The Morgan fingerprint density at radius 1 is 1.33 bits per heavy atom. The van der Waals surface area contributed by atoms with Crippen LogP contribution in [0.5, 0.6) is 5.75 Å². The number of rotatable bonds is 7. The summed E-state index contributed by atoms with van der Waals surface area (Å²) in [6.07, 6.45) is 0. The molecule has 0 aromatic heterocycles. The first-order chi connectivity index (χ1) is 8.58. The summed E-state index contributed by atoms with van der Waals surface area (Å²) in [7, 11) is 0. The fourth-order valence-electron chi connectivity index (χ4n) is 1.74. The highest BCUT2D eigenvalue weighted by molar-refractivity contribution is 6.32. The second kappa shape index (κ2) is 7.62. The summed E-state index contributed by atoms with van der Waals surface area (Å²) in [6.45, 7) is 9.88. The summed E-state index contributed by atoms with van der Waals surface area (Å²) < 4.78 is 5.69. The molecule has 0 aliphatic carbocycles. The molecular weight excluding hydrogens is 248 g/mol. The number of hydrogen-bond donors (Lipinski definition) is 1. The quantitative estimate of drug-likeness (QED) is 0.828. The van der Waals surface area contributed by atoms with Gasteiger partial charge in [0.05, 0.1) is 5.02 Å². The molecule has 0 bridgehead atoms. The van der Waals surface area contributed by atoms with Crippen LogP contribution in [0.3, 0.4) is 0 Å². The maximum Gasteiger partial charge on any atom is 0.137 e. The molecule has 1 unspecified atom stereocenters. The van der Waals surface area contributed by atoms with E-state index in [0.29, 0.717) is 11.6 Å². The Morgan fingerprint density at radius 2 is 2.00 bits per heavy atom. The second-order valence-corrected chi connectivity index (χ2v) is 4.76. The Hall–Kier alpha value is -0.770. The minimum absolute atomic E-state index is 0.00720. The highest BCUT2D eigenvalue weighted by Crippen LogP contribution is 2.27. The molecule has 1 atom stereocenters. The third kappa shape index (κ3) is 4.48. The van der Waals surface area contributed by atoms with Crippen LogP contribution in [-0.2, 0) is 0 Å². The van der Waals surface area contributed by atoms with Crippen LogP contribution in [0.4, 0.5) is 0 Å². The van der Waals surface area contributed by atoms with Gasteiger partial charge in [-0.1, -0.05) is 31.5 Å². The zero-order chi connectivity index (χ0) is 13.5. The first-order valence-electron chi connectivity index (χ1n) is 6.48. The molecule has 0 radical (unpaired) electrons. The predicted octanol–water partition coefficient (Wildman–Crippen LogP) is 3.08. The van der Waals surface area contributed by atoms with Crippen molar-refractivity contribution in [2.24, 2.45) is 5.73 Å². The van der Waals surface area contributed by atoms with Gasteiger partial charge in [0.2, 0.25) is 0 Å². The van der Waals surface area contributed by atoms with Gasteiger partial charge in [0.15, 0.2) is 0 Å². The zero-order valence-electron chi connectivity index (χ0n) is 11.4. The van der Waals surface area contributed by atoms with E-state index in [0.717, 1.165) is 30.9 Å². The SMILES string of the molecule is CCN(CC)CCOc1ccc(C(C)N)cc1Cl. The van der Waals surface area contributed by atoms with Gasteiger partial charge in [0.25, 0.3) is 0 Å². The summed E-state index contributed by atoms with van der Waals surface area (Å²) in [5.74, 6) is 0.730. The monoisotopic (exact) mass is 270 g/mol. The first-order valence-corrected chi connectivity index (χ1v) is 6.86. The van der Waals surface area contributed by atoms with Crippen molar-refractivity contribution in [3.05, 3.63) is 28.8 Å². The van der Waals surface area contributed by atoms with Gasteiger partial charge < -0.3 is 15.4 Å². The van der Waals surface area contributed by atoms with Crippen molar-refractivity contribution >= 4 is 11.6 Å². The fourth-order valence-corrected chi connectivity index (χ4v) is 1.99. The standard InChI is InChI=1S/C14H23ClN2O/c1-4-17(5-2)8-9-18-14-7-6-12(11(3)16)10-13(14)15/h6-7,10-11H,4-5,8-9,16H2,1-3H3. The summed E-state index contributed by atoms with van der Waals surface area (Å²) in [6, 6.07) is 5.72. The third-order valence-corrected chi connectivity index (χ3v) is 3.34. The van der Waals surface area contributed by atoms with Crippen LogP contribution in [0.25, 0.3) is 0 Å². The highest BCUT2D eigenvalue weighted by atomic mass is 35.5. The summed E-state index contributed by atoms with van der Waals surface area (Å²) >= 11 is 6.16. The first kappa shape index (κ1) is 15.3. The molecule has 0 aliphatic rings. The Balaban J connectivity index is 2.53. The van der Waals surface area contributed by atoms with Crippen molar-refractivity contribution in [2.75, 3.05) is 26.2 Å².